The molecule has 0 unspecified atom stereocenters. The molecule has 0 saturated carbocycles. The average molecular weight is 817 g/mol. The summed E-state index contributed by atoms with van der Waals surface area (Å²) in [6.45, 7) is 16.9. The standard InChI is InChI=1S/C56H32N8/c1-59-51-31-43(39-25-27-41(28-26-39)50-34-49(40-21-17-37(35-57)18-22-40)61-56(62-50)42-23-19-38(36-58)20-24-42)32-52(60-2)55(51)64-53-16-10-9-15-47(53)48-33-46(29-30-54(48)64)63(44-11-5-3-6-12-44)45-13-7-4-8-14-45/h3-34H. The fourth-order valence-corrected chi connectivity index (χ4v) is 8.23. The number of rotatable bonds is 8. The van der Waals surface area contributed by atoms with E-state index < -0.39 is 0 Å². The third-order valence-corrected chi connectivity index (χ3v) is 11.3. The Labute approximate surface area is 369 Å². The van der Waals surface area contributed by atoms with Crippen LogP contribution in [0.3, 0.4) is 0 Å². The zero-order valence-corrected chi connectivity index (χ0v) is 34.1. The lowest BCUT2D eigenvalue weighted by atomic mass is 9.99. The lowest BCUT2D eigenvalue weighted by Gasteiger charge is -2.25. The molecule has 0 aliphatic heterocycles. The van der Waals surface area contributed by atoms with Crippen molar-refractivity contribution < 1.29 is 0 Å². The fraction of sp³-hybridized carbons (Fsp3) is 0. The molecule has 0 aliphatic carbocycles. The van der Waals surface area contributed by atoms with E-state index in [4.69, 9.17) is 23.1 Å². The third-order valence-electron chi connectivity index (χ3n) is 11.3. The van der Waals surface area contributed by atoms with Crippen LogP contribution in [-0.4, -0.2) is 14.5 Å². The molecule has 0 bridgehead atoms. The van der Waals surface area contributed by atoms with E-state index in [-0.39, 0.29) is 0 Å². The summed E-state index contributed by atoms with van der Waals surface area (Å²) in [5.74, 6) is 0.496. The Bertz CT molecular complexity index is 3420. The summed E-state index contributed by atoms with van der Waals surface area (Å²) in [6.07, 6.45) is 0. The lowest BCUT2D eigenvalue weighted by molar-refractivity contribution is 1.18. The average Bonchev–Trinajstić information content (AvgIpc) is 3.69. The van der Waals surface area contributed by atoms with Crippen molar-refractivity contribution in [1.29, 1.82) is 10.5 Å². The zero-order valence-electron chi connectivity index (χ0n) is 34.1. The van der Waals surface area contributed by atoms with Gasteiger partial charge in [0.15, 0.2) is 5.82 Å². The van der Waals surface area contributed by atoms with Gasteiger partial charge in [-0.2, -0.15) is 10.5 Å². The first kappa shape index (κ1) is 38.6. The summed E-state index contributed by atoms with van der Waals surface area (Å²) in [7, 11) is 0. The topological polar surface area (TPSA) is 90.2 Å². The molecule has 8 heteroatoms. The molecule has 2 heterocycles. The highest BCUT2D eigenvalue weighted by Gasteiger charge is 2.22. The molecule has 64 heavy (non-hydrogen) atoms. The normalized spacial score (nSPS) is 10.8. The van der Waals surface area contributed by atoms with Crippen LogP contribution in [0.4, 0.5) is 28.4 Å². The maximum atomic E-state index is 9.38. The van der Waals surface area contributed by atoms with E-state index in [0.29, 0.717) is 45.4 Å². The van der Waals surface area contributed by atoms with E-state index in [2.05, 4.69) is 79.8 Å². The molecule has 0 saturated heterocycles. The minimum atomic E-state index is 0.365. The molecule has 296 valence electrons. The van der Waals surface area contributed by atoms with E-state index in [1.54, 1.807) is 24.3 Å². The SMILES string of the molecule is [C-]#[N+]c1cc(-c2ccc(-c3cc(-c4ccc(C#N)cc4)nc(-c4ccc(C#N)cc4)n3)cc2)cc([N+]#[C-])c1-n1c2ccccc2c2cc(N(c3ccccc3)c3ccccc3)ccc21. The molecule has 0 N–H and O–H groups in total. The first-order valence-corrected chi connectivity index (χ1v) is 20.4. The van der Waals surface area contributed by atoms with Crippen molar-refractivity contribution in [2.75, 3.05) is 4.90 Å². The van der Waals surface area contributed by atoms with Gasteiger partial charge in [0, 0.05) is 44.5 Å². The van der Waals surface area contributed by atoms with Crippen molar-refractivity contribution in [2.24, 2.45) is 0 Å². The van der Waals surface area contributed by atoms with Crippen LogP contribution in [0.1, 0.15) is 11.1 Å². The Morgan fingerprint density at radius 1 is 0.438 bits per heavy atom. The molecule has 10 rings (SSSR count). The maximum absolute atomic E-state index is 9.38. The van der Waals surface area contributed by atoms with Gasteiger partial charge < -0.3 is 9.47 Å². The van der Waals surface area contributed by atoms with E-state index >= 15 is 0 Å². The van der Waals surface area contributed by atoms with Crippen molar-refractivity contribution in [3.63, 3.8) is 0 Å². The van der Waals surface area contributed by atoms with Crippen LogP contribution in [0, 0.1) is 35.8 Å². The Balaban J connectivity index is 1.06. The summed E-state index contributed by atoms with van der Waals surface area (Å²) in [6, 6.07) is 67.4. The number of aromatic nitrogens is 3. The molecule has 0 fully saturated rings. The maximum Gasteiger partial charge on any atom is 0.200 e. The van der Waals surface area contributed by atoms with Crippen molar-refractivity contribution in [3.05, 3.63) is 228 Å². The minimum absolute atomic E-state index is 0.365. The molecule has 10 aromatic rings. The number of para-hydroxylation sites is 3. The molecule has 8 nitrogen and oxygen atoms in total. The van der Waals surface area contributed by atoms with E-state index in [1.807, 2.05) is 121 Å². The van der Waals surface area contributed by atoms with Crippen LogP contribution in [0.15, 0.2) is 194 Å². The number of benzene rings is 8. The number of fused-ring (bicyclic) bond motifs is 3. The van der Waals surface area contributed by atoms with Gasteiger partial charge in [0.25, 0.3) is 0 Å². The summed E-state index contributed by atoms with van der Waals surface area (Å²) < 4.78 is 2.06. The van der Waals surface area contributed by atoms with Gasteiger partial charge in [0.2, 0.25) is 11.4 Å². The van der Waals surface area contributed by atoms with Gasteiger partial charge >= 0.3 is 0 Å². The van der Waals surface area contributed by atoms with Crippen molar-refractivity contribution in [2.45, 2.75) is 0 Å². The second kappa shape index (κ2) is 16.5. The highest BCUT2D eigenvalue weighted by Crippen LogP contribution is 2.45. The summed E-state index contributed by atoms with van der Waals surface area (Å²) in [5.41, 5.74) is 12.6. The zero-order chi connectivity index (χ0) is 43.6. The number of hydrogen-bond acceptors (Lipinski definition) is 5. The number of anilines is 3. The molecule has 0 amide bonds. The second-order valence-electron chi connectivity index (χ2n) is 15.1. The van der Waals surface area contributed by atoms with E-state index in [9.17, 15) is 10.5 Å². The molecule has 8 aromatic carbocycles. The predicted molar refractivity (Wildman–Crippen MR) is 255 cm³/mol. The molecular weight excluding hydrogens is 785 g/mol. The quantitative estimate of drug-likeness (QED) is 0.142. The summed E-state index contributed by atoms with van der Waals surface area (Å²) in [5, 5.41) is 20.8. The van der Waals surface area contributed by atoms with Crippen LogP contribution in [0.5, 0.6) is 0 Å². The van der Waals surface area contributed by atoms with Gasteiger partial charge in [0.05, 0.1) is 64.5 Å². The summed E-state index contributed by atoms with van der Waals surface area (Å²) >= 11 is 0. The Kier molecular flexibility index (Phi) is 9.92. The minimum Gasteiger partial charge on any atom is -0.329 e. The number of nitrogens with zero attached hydrogens (tertiary/aromatic N) is 8. The van der Waals surface area contributed by atoms with E-state index in [0.717, 1.165) is 66.7 Å². The Hall–Kier alpha value is -9.60. The van der Waals surface area contributed by atoms with Crippen LogP contribution in [0.25, 0.3) is 82.2 Å². The smallest absolute Gasteiger partial charge is 0.200 e. The van der Waals surface area contributed by atoms with E-state index in [1.165, 1.54) is 0 Å². The van der Waals surface area contributed by atoms with Crippen LogP contribution < -0.4 is 4.90 Å². The third kappa shape index (κ3) is 7.02. The first-order chi connectivity index (χ1) is 31.5. The molecular formula is C56H32N8. The first-order valence-electron chi connectivity index (χ1n) is 20.4. The monoisotopic (exact) mass is 816 g/mol. The van der Waals surface area contributed by atoms with Gasteiger partial charge in [-0.05, 0) is 114 Å². The van der Waals surface area contributed by atoms with Gasteiger partial charge in [0.1, 0.15) is 0 Å². The van der Waals surface area contributed by atoms with Gasteiger partial charge in [-0.25, -0.2) is 19.7 Å². The van der Waals surface area contributed by atoms with Gasteiger partial charge in [-0.1, -0.05) is 91.0 Å². The second-order valence-corrected chi connectivity index (χ2v) is 15.1. The highest BCUT2D eigenvalue weighted by molar-refractivity contribution is 6.12. The highest BCUT2D eigenvalue weighted by atomic mass is 15.1. The van der Waals surface area contributed by atoms with Gasteiger partial charge in [-0.3, -0.25) is 0 Å². The van der Waals surface area contributed by atoms with Crippen molar-refractivity contribution in [3.8, 4) is 62.9 Å². The summed E-state index contributed by atoms with van der Waals surface area (Å²) in [4.78, 5) is 20.2. The largest absolute Gasteiger partial charge is 0.329 e. The predicted octanol–water partition coefficient (Wildman–Crippen LogP) is 14.6. The van der Waals surface area contributed by atoms with Crippen LogP contribution in [0.2, 0.25) is 0 Å². The molecule has 0 aliphatic rings. The Morgan fingerprint density at radius 2 is 0.922 bits per heavy atom. The van der Waals surface area contributed by atoms with Gasteiger partial charge in [-0.15, -0.1) is 0 Å². The van der Waals surface area contributed by atoms with Crippen molar-refractivity contribution >= 4 is 50.2 Å². The molecule has 0 radical (unpaired) electrons. The molecule has 2 aromatic heterocycles. The number of hydrogen-bond donors (Lipinski definition) is 0. The van der Waals surface area contributed by atoms with Crippen LogP contribution >= 0.6 is 0 Å². The molecule has 0 spiro atoms. The Morgan fingerprint density at radius 3 is 1.47 bits per heavy atom. The van der Waals surface area contributed by atoms with Crippen LogP contribution in [-0.2, 0) is 0 Å². The van der Waals surface area contributed by atoms with Crippen molar-refractivity contribution in [1.82, 2.24) is 14.5 Å². The fourth-order valence-electron chi connectivity index (χ4n) is 8.23. The number of nitriles is 2. The lowest BCUT2D eigenvalue weighted by Crippen LogP contribution is -2.09. The molecule has 0 atom stereocenters.